The minimum Gasteiger partial charge on any atom is -0.411 e. The zero-order valence-electron chi connectivity index (χ0n) is 15.5. The van der Waals surface area contributed by atoms with Gasteiger partial charge in [0.15, 0.2) is 0 Å². The normalized spacial score (nSPS) is 18.4. The number of aliphatic hydroxyl groups is 1. The Labute approximate surface area is 195 Å². The number of halogens is 1. The van der Waals surface area contributed by atoms with Crippen molar-refractivity contribution in [1.29, 1.82) is 0 Å². The smallest absolute Gasteiger partial charge is 0.116 e. The van der Waals surface area contributed by atoms with E-state index in [0.29, 0.717) is 17.2 Å². The van der Waals surface area contributed by atoms with Crippen LogP contribution in [-0.4, -0.2) is 22.1 Å². The number of benzene rings is 2. The molecule has 1 unspecified atom stereocenters. The van der Waals surface area contributed by atoms with Crippen molar-refractivity contribution in [2.75, 3.05) is 0 Å². The summed E-state index contributed by atoms with van der Waals surface area (Å²) in [6.45, 7) is 8.18. The van der Waals surface area contributed by atoms with Crippen LogP contribution in [0, 0.1) is 71.8 Å². The van der Waals surface area contributed by atoms with Crippen molar-refractivity contribution >= 4 is 28.5 Å². The van der Waals surface area contributed by atoms with Crippen molar-refractivity contribution in [3.63, 3.8) is 0 Å². The van der Waals surface area contributed by atoms with Gasteiger partial charge >= 0.3 is 0 Å². The van der Waals surface area contributed by atoms with Gasteiger partial charge in [-0.05, 0) is 72.7 Å². The summed E-state index contributed by atoms with van der Waals surface area (Å²) in [6, 6.07) is 10.0. The van der Waals surface area contributed by atoms with Crippen molar-refractivity contribution < 1.29 is 54.4 Å². The van der Waals surface area contributed by atoms with Crippen molar-refractivity contribution in [3.8, 4) is 0 Å². The van der Waals surface area contributed by atoms with E-state index in [1.807, 2.05) is 25.1 Å². The van der Waals surface area contributed by atoms with Gasteiger partial charge in [-0.15, -0.1) is 0 Å². The summed E-state index contributed by atoms with van der Waals surface area (Å²) < 4.78 is 0. The second kappa shape index (κ2) is 8.57. The average molecular weight is 583 g/mol. The Morgan fingerprint density at radius 3 is 2.12 bits per heavy atom. The van der Waals surface area contributed by atoms with E-state index in [2.05, 4.69) is 38.1 Å². The van der Waals surface area contributed by atoms with Crippen LogP contribution in [0.5, 0.6) is 0 Å². The third-order valence-electron chi connectivity index (χ3n) is 5.11. The molecule has 0 saturated heterocycles. The van der Waals surface area contributed by atoms with Crippen LogP contribution < -0.4 is 0 Å². The Hall–Kier alpha value is -0.658. The molecule has 2 aromatic rings. The number of oxime groups is 1. The van der Waals surface area contributed by atoms with Crippen LogP contribution in [0.15, 0.2) is 35.5 Å². The average Bonchev–Trinajstić information content (AvgIpc) is 2.91. The molecule has 1 aliphatic carbocycles. The fourth-order valence-corrected chi connectivity index (χ4v) is 3.56. The third-order valence-corrected chi connectivity index (χ3v) is 5.52. The molecule has 0 aliphatic heterocycles. The van der Waals surface area contributed by atoms with E-state index < -0.39 is 6.10 Å². The number of hydrogen-bond donors (Lipinski definition) is 2. The van der Waals surface area contributed by atoms with E-state index in [4.69, 9.17) is 11.6 Å². The number of rotatable bonds is 2. The molecule has 1 radical (unpaired) electrons. The van der Waals surface area contributed by atoms with Crippen molar-refractivity contribution in [3.05, 3.63) is 68.7 Å². The van der Waals surface area contributed by atoms with E-state index in [-0.39, 0.29) is 44.1 Å². The van der Waals surface area contributed by atoms with Crippen LogP contribution in [0.3, 0.4) is 0 Å². The molecule has 0 fully saturated rings. The second-order valence-electron chi connectivity index (χ2n) is 6.76. The van der Waals surface area contributed by atoms with E-state index in [1.54, 1.807) is 0 Å². The molecular weight excluding hydrogens is 561 g/mol. The Kier molecular flexibility index (Phi) is 7.13. The first-order valence-electron chi connectivity index (χ1n) is 8.31. The van der Waals surface area contributed by atoms with Crippen LogP contribution in [0.2, 0.25) is 5.02 Å². The zero-order valence-corrected chi connectivity index (χ0v) is 21.0. The Morgan fingerprint density at radius 1 is 0.962 bits per heavy atom. The van der Waals surface area contributed by atoms with Gasteiger partial charge in [0.25, 0.3) is 0 Å². The van der Waals surface area contributed by atoms with Crippen molar-refractivity contribution in [2.45, 2.75) is 40.2 Å². The summed E-state index contributed by atoms with van der Waals surface area (Å²) in [6.07, 6.45) is -0.419. The number of aliphatic hydroxyl groups excluding tert-OH is 1. The van der Waals surface area contributed by atoms with Crippen molar-refractivity contribution in [1.82, 2.24) is 0 Å². The molecule has 3 nitrogen and oxygen atoms in total. The first-order valence-corrected chi connectivity index (χ1v) is 8.69. The largest absolute Gasteiger partial charge is 0.411 e. The summed E-state index contributed by atoms with van der Waals surface area (Å²) in [7, 11) is 0. The number of aryl methyl sites for hydroxylation is 3. The molecule has 0 heterocycles. The van der Waals surface area contributed by atoms with Crippen LogP contribution in [-0.2, 0) is 0 Å². The summed E-state index contributed by atoms with van der Waals surface area (Å²) in [5.74, 6) is 0. The Morgan fingerprint density at radius 2 is 1.58 bits per heavy atom. The standard InChI is InChI=1S/C21H22ClNO2.Ac/c1-11-5-6-15(9-18(11)22)17-10-19(24)21(23-25)20(17)16-7-12(2)14(4)13(3)8-16;/h5-9,19,24-25H,10H2,1-4H3;/b23-21-;. The molecule has 2 N–H and O–H groups in total. The predicted octanol–water partition coefficient (Wildman–Crippen LogP) is 5.08. The van der Waals surface area contributed by atoms with Gasteiger partial charge in [-0.2, -0.15) is 0 Å². The molecule has 3 rings (SSSR count). The first-order chi connectivity index (χ1) is 11.8. The van der Waals surface area contributed by atoms with Gasteiger partial charge in [-0.25, -0.2) is 0 Å². The fourth-order valence-electron chi connectivity index (χ4n) is 3.37. The van der Waals surface area contributed by atoms with Gasteiger partial charge in [-0.1, -0.05) is 41.0 Å². The Bertz CT molecular complexity index is 895. The van der Waals surface area contributed by atoms with Gasteiger partial charge in [0, 0.05) is 61.1 Å². The van der Waals surface area contributed by atoms with Crippen LogP contribution >= 0.6 is 11.6 Å². The number of nitrogens with zero attached hydrogens (tertiary/aromatic N) is 1. The predicted molar refractivity (Wildman–Crippen MR) is 104 cm³/mol. The molecule has 0 saturated carbocycles. The summed E-state index contributed by atoms with van der Waals surface area (Å²) in [4.78, 5) is 0. The van der Waals surface area contributed by atoms with Gasteiger partial charge in [0.05, 0.1) is 0 Å². The molecule has 1 aliphatic rings. The fraction of sp³-hybridized carbons (Fsp3) is 0.286. The molecule has 26 heavy (non-hydrogen) atoms. The summed E-state index contributed by atoms with van der Waals surface area (Å²) in [5.41, 5.74) is 8.54. The first kappa shape index (κ1) is 21.6. The number of hydrogen-bond acceptors (Lipinski definition) is 3. The topological polar surface area (TPSA) is 52.8 Å². The minimum atomic E-state index is -0.822. The molecule has 0 amide bonds. The van der Waals surface area contributed by atoms with Gasteiger partial charge in [0.2, 0.25) is 0 Å². The van der Waals surface area contributed by atoms with Crippen LogP contribution in [0.1, 0.15) is 39.8 Å². The van der Waals surface area contributed by atoms with E-state index in [1.165, 1.54) is 16.7 Å². The van der Waals surface area contributed by atoms with Gasteiger partial charge in [-0.3, -0.25) is 0 Å². The van der Waals surface area contributed by atoms with Crippen LogP contribution in [0.4, 0.5) is 0 Å². The maximum Gasteiger partial charge on any atom is 0.116 e. The molecule has 5 heteroatoms. The maximum absolute atomic E-state index is 10.4. The molecular formula is C21H22AcClNO2. The molecule has 133 valence electrons. The van der Waals surface area contributed by atoms with Crippen molar-refractivity contribution in [2.24, 2.45) is 5.16 Å². The summed E-state index contributed by atoms with van der Waals surface area (Å²) in [5, 5.41) is 24.0. The maximum atomic E-state index is 10.4. The van der Waals surface area contributed by atoms with E-state index in [9.17, 15) is 10.3 Å². The van der Waals surface area contributed by atoms with Gasteiger partial charge < -0.3 is 10.3 Å². The summed E-state index contributed by atoms with van der Waals surface area (Å²) >= 11 is 6.30. The minimum absolute atomic E-state index is 0. The molecule has 1 atom stereocenters. The third kappa shape index (κ3) is 3.95. The molecule has 0 spiro atoms. The molecule has 0 bridgehead atoms. The zero-order chi connectivity index (χ0) is 18.3. The Balaban J connectivity index is 0.00000243. The molecule has 0 aromatic heterocycles. The second-order valence-corrected chi connectivity index (χ2v) is 7.16. The monoisotopic (exact) mass is 582 g/mol. The molecule has 2 aromatic carbocycles. The van der Waals surface area contributed by atoms with E-state index >= 15 is 0 Å². The quantitative estimate of drug-likeness (QED) is 0.384. The SMILES string of the molecule is Cc1ccc(C2=C(c3cc(C)c(C)c(C)c3)/C(=N\O)C(O)C2)cc1Cl.[Ac]. The van der Waals surface area contributed by atoms with Crippen LogP contribution in [0.25, 0.3) is 11.1 Å². The van der Waals surface area contributed by atoms with E-state index in [0.717, 1.165) is 27.8 Å². The van der Waals surface area contributed by atoms with Gasteiger partial charge in [0.1, 0.15) is 11.8 Å².